The standard InChI is InChI=1S/C22H22N2O3S/c1-17-7-6-8-18(15-17)16-23-28(26,27)21-13-11-19(12-14-21)22(25)24(2)20-9-4-3-5-10-20/h3-15,23H,16H2,1-2H3. The second-order valence-electron chi connectivity index (χ2n) is 6.54. The molecule has 0 saturated carbocycles. The van der Waals surface area contributed by atoms with Crippen molar-refractivity contribution in [1.29, 1.82) is 0 Å². The average Bonchev–Trinajstić information content (AvgIpc) is 2.72. The highest BCUT2D eigenvalue weighted by Gasteiger charge is 2.17. The first-order chi connectivity index (χ1) is 13.4. The van der Waals surface area contributed by atoms with E-state index in [0.29, 0.717) is 5.56 Å². The van der Waals surface area contributed by atoms with Crippen LogP contribution in [0.5, 0.6) is 0 Å². The summed E-state index contributed by atoms with van der Waals surface area (Å²) < 4.78 is 27.6. The lowest BCUT2D eigenvalue weighted by Gasteiger charge is -2.17. The van der Waals surface area contributed by atoms with Gasteiger partial charge in [-0.05, 0) is 48.9 Å². The zero-order chi connectivity index (χ0) is 20.1. The van der Waals surface area contributed by atoms with Crippen molar-refractivity contribution in [3.63, 3.8) is 0 Å². The number of hydrogen-bond acceptors (Lipinski definition) is 3. The van der Waals surface area contributed by atoms with Gasteiger partial charge in [-0.1, -0.05) is 48.0 Å². The number of rotatable bonds is 6. The molecular weight excluding hydrogens is 372 g/mol. The average molecular weight is 394 g/mol. The SMILES string of the molecule is Cc1cccc(CNS(=O)(=O)c2ccc(C(=O)N(C)c3ccccc3)cc2)c1. The summed E-state index contributed by atoms with van der Waals surface area (Å²) in [5.41, 5.74) is 3.15. The van der Waals surface area contributed by atoms with Crippen LogP contribution in [0.3, 0.4) is 0 Å². The molecule has 3 aromatic carbocycles. The minimum atomic E-state index is -3.66. The molecule has 3 rings (SSSR count). The summed E-state index contributed by atoms with van der Waals surface area (Å²) in [6.07, 6.45) is 0. The van der Waals surface area contributed by atoms with Crippen LogP contribution in [0.1, 0.15) is 21.5 Å². The molecule has 1 amide bonds. The Hall–Kier alpha value is -2.96. The van der Waals surface area contributed by atoms with E-state index in [1.807, 2.05) is 61.5 Å². The molecule has 0 unspecified atom stereocenters. The van der Waals surface area contributed by atoms with Gasteiger partial charge in [0.15, 0.2) is 0 Å². The third kappa shape index (κ3) is 4.65. The summed E-state index contributed by atoms with van der Waals surface area (Å²) >= 11 is 0. The highest BCUT2D eigenvalue weighted by Crippen LogP contribution is 2.17. The van der Waals surface area contributed by atoms with Crippen LogP contribution in [0, 0.1) is 6.92 Å². The van der Waals surface area contributed by atoms with Crippen LogP contribution >= 0.6 is 0 Å². The lowest BCUT2D eigenvalue weighted by molar-refractivity contribution is 0.0993. The van der Waals surface area contributed by atoms with Crippen molar-refractivity contribution in [2.45, 2.75) is 18.4 Å². The van der Waals surface area contributed by atoms with E-state index in [4.69, 9.17) is 0 Å². The number of nitrogens with one attached hydrogen (secondary N) is 1. The smallest absolute Gasteiger partial charge is 0.258 e. The Morgan fingerprint density at radius 3 is 2.25 bits per heavy atom. The number of benzene rings is 3. The minimum absolute atomic E-state index is 0.124. The number of anilines is 1. The lowest BCUT2D eigenvalue weighted by atomic mass is 10.1. The summed E-state index contributed by atoms with van der Waals surface area (Å²) in [7, 11) is -1.97. The lowest BCUT2D eigenvalue weighted by Crippen LogP contribution is -2.26. The van der Waals surface area contributed by atoms with Gasteiger partial charge in [-0.3, -0.25) is 4.79 Å². The Kier molecular flexibility index (Phi) is 5.92. The van der Waals surface area contributed by atoms with Crippen LogP contribution < -0.4 is 9.62 Å². The number of aryl methyl sites for hydroxylation is 1. The van der Waals surface area contributed by atoms with Crippen LogP contribution in [0.15, 0.2) is 83.8 Å². The number of carbonyl (C=O) groups is 1. The number of para-hydroxylation sites is 1. The quantitative estimate of drug-likeness (QED) is 0.692. The molecule has 28 heavy (non-hydrogen) atoms. The molecule has 0 aliphatic heterocycles. The summed E-state index contributed by atoms with van der Waals surface area (Å²) in [6, 6.07) is 22.9. The van der Waals surface area contributed by atoms with Gasteiger partial charge >= 0.3 is 0 Å². The molecule has 0 bridgehead atoms. The second-order valence-corrected chi connectivity index (χ2v) is 8.30. The van der Waals surface area contributed by atoms with Gasteiger partial charge in [-0.25, -0.2) is 13.1 Å². The highest BCUT2D eigenvalue weighted by atomic mass is 32.2. The molecule has 1 N–H and O–H groups in total. The Morgan fingerprint density at radius 2 is 1.61 bits per heavy atom. The summed E-state index contributed by atoms with van der Waals surface area (Å²) in [5, 5.41) is 0. The van der Waals surface area contributed by atoms with Gasteiger partial charge in [0.25, 0.3) is 5.91 Å². The zero-order valence-electron chi connectivity index (χ0n) is 15.8. The molecule has 3 aromatic rings. The molecule has 0 aliphatic rings. The first-order valence-corrected chi connectivity index (χ1v) is 10.3. The number of carbonyl (C=O) groups excluding carboxylic acids is 1. The summed E-state index contributed by atoms with van der Waals surface area (Å²) in [4.78, 5) is 14.3. The molecule has 144 valence electrons. The number of amides is 1. The normalized spacial score (nSPS) is 11.2. The molecule has 0 radical (unpaired) electrons. The van der Waals surface area contributed by atoms with Crippen molar-refractivity contribution in [1.82, 2.24) is 4.72 Å². The largest absolute Gasteiger partial charge is 0.311 e. The molecule has 5 nitrogen and oxygen atoms in total. The molecule has 0 fully saturated rings. The molecule has 0 atom stereocenters. The van der Waals surface area contributed by atoms with Crippen molar-refractivity contribution in [2.24, 2.45) is 0 Å². The maximum Gasteiger partial charge on any atom is 0.258 e. The summed E-state index contributed by atoms with van der Waals surface area (Å²) in [6.45, 7) is 2.17. The topological polar surface area (TPSA) is 66.5 Å². The van der Waals surface area contributed by atoms with Crippen molar-refractivity contribution in [2.75, 3.05) is 11.9 Å². The summed E-state index contributed by atoms with van der Waals surface area (Å²) in [5.74, 6) is -0.206. The van der Waals surface area contributed by atoms with Gasteiger partial charge in [0.05, 0.1) is 4.90 Å². The van der Waals surface area contributed by atoms with Crippen LogP contribution in [0.4, 0.5) is 5.69 Å². The number of sulfonamides is 1. The fraction of sp³-hybridized carbons (Fsp3) is 0.136. The van der Waals surface area contributed by atoms with Gasteiger partial charge in [-0.15, -0.1) is 0 Å². The molecule has 0 heterocycles. The second kappa shape index (κ2) is 8.37. The van der Waals surface area contributed by atoms with E-state index >= 15 is 0 Å². The van der Waals surface area contributed by atoms with E-state index in [2.05, 4.69) is 4.72 Å². The van der Waals surface area contributed by atoms with E-state index in [1.165, 1.54) is 29.2 Å². The Labute approximate surface area is 165 Å². The highest BCUT2D eigenvalue weighted by molar-refractivity contribution is 7.89. The Morgan fingerprint density at radius 1 is 0.929 bits per heavy atom. The van der Waals surface area contributed by atoms with Gasteiger partial charge in [0.2, 0.25) is 10.0 Å². The Balaban J connectivity index is 1.71. The van der Waals surface area contributed by atoms with Gasteiger partial charge in [0.1, 0.15) is 0 Å². The van der Waals surface area contributed by atoms with Crippen molar-refractivity contribution in [3.05, 3.63) is 95.6 Å². The van der Waals surface area contributed by atoms with Crippen LogP contribution in [-0.4, -0.2) is 21.4 Å². The first-order valence-electron chi connectivity index (χ1n) is 8.85. The molecule has 6 heteroatoms. The first kappa shape index (κ1) is 19.8. The van der Waals surface area contributed by atoms with Gasteiger partial charge in [-0.2, -0.15) is 0 Å². The Bertz CT molecular complexity index is 1060. The molecular formula is C22H22N2O3S. The fourth-order valence-corrected chi connectivity index (χ4v) is 3.84. The monoisotopic (exact) mass is 394 g/mol. The van der Waals surface area contributed by atoms with Gasteiger partial charge in [0, 0.05) is 24.8 Å². The molecule has 0 saturated heterocycles. The predicted octanol–water partition coefficient (Wildman–Crippen LogP) is 3.75. The van der Waals surface area contributed by atoms with E-state index < -0.39 is 10.0 Å². The van der Waals surface area contributed by atoms with Crippen LogP contribution in [0.25, 0.3) is 0 Å². The maximum atomic E-state index is 12.6. The zero-order valence-corrected chi connectivity index (χ0v) is 16.6. The van der Waals surface area contributed by atoms with E-state index in [0.717, 1.165) is 16.8 Å². The van der Waals surface area contributed by atoms with Crippen LogP contribution in [-0.2, 0) is 16.6 Å². The van der Waals surface area contributed by atoms with E-state index in [-0.39, 0.29) is 17.3 Å². The number of hydrogen-bond donors (Lipinski definition) is 1. The van der Waals surface area contributed by atoms with Crippen molar-refractivity contribution in [3.8, 4) is 0 Å². The van der Waals surface area contributed by atoms with E-state index in [9.17, 15) is 13.2 Å². The van der Waals surface area contributed by atoms with Crippen LogP contribution in [0.2, 0.25) is 0 Å². The molecule has 0 spiro atoms. The minimum Gasteiger partial charge on any atom is -0.311 e. The van der Waals surface area contributed by atoms with Crippen molar-refractivity contribution < 1.29 is 13.2 Å². The van der Waals surface area contributed by atoms with Crippen molar-refractivity contribution >= 4 is 21.6 Å². The number of nitrogens with zero attached hydrogens (tertiary/aromatic N) is 1. The van der Waals surface area contributed by atoms with Gasteiger partial charge < -0.3 is 4.90 Å². The maximum absolute atomic E-state index is 12.6. The third-order valence-corrected chi connectivity index (χ3v) is 5.83. The molecule has 0 aromatic heterocycles. The van der Waals surface area contributed by atoms with E-state index in [1.54, 1.807) is 7.05 Å². The molecule has 0 aliphatic carbocycles. The predicted molar refractivity (Wildman–Crippen MR) is 111 cm³/mol. The third-order valence-electron chi connectivity index (χ3n) is 4.41. The fourth-order valence-electron chi connectivity index (χ4n) is 2.82.